The van der Waals surface area contributed by atoms with Crippen LogP contribution >= 0.6 is 0 Å². The van der Waals surface area contributed by atoms with E-state index in [1.165, 1.54) is 12.8 Å². The van der Waals surface area contributed by atoms with Crippen LogP contribution in [0.15, 0.2) is 12.7 Å². The lowest BCUT2D eigenvalue weighted by atomic mass is 9.94. The zero-order chi connectivity index (χ0) is 11.9. The lowest BCUT2D eigenvalue weighted by Crippen LogP contribution is -2.40. The van der Waals surface area contributed by atoms with Gasteiger partial charge in [-0.15, -0.1) is 0 Å². The summed E-state index contributed by atoms with van der Waals surface area (Å²) in [5.41, 5.74) is 1.71. The Morgan fingerprint density at radius 1 is 1.22 bits per heavy atom. The topological polar surface area (TPSA) is 69.7 Å². The van der Waals surface area contributed by atoms with Gasteiger partial charge in [-0.3, -0.25) is 0 Å². The third kappa shape index (κ3) is 1.49. The number of hydrogen-bond donors (Lipinski definition) is 2. The van der Waals surface area contributed by atoms with Crippen molar-refractivity contribution in [2.75, 3.05) is 24.5 Å². The van der Waals surface area contributed by atoms with Crippen molar-refractivity contribution in [3.63, 3.8) is 0 Å². The Kier molecular flexibility index (Phi) is 2.23. The van der Waals surface area contributed by atoms with Gasteiger partial charge in [0.2, 0.25) is 0 Å². The maximum absolute atomic E-state index is 4.43. The Morgan fingerprint density at radius 3 is 3.17 bits per heavy atom. The molecule has 2 saturated heterocycles. The van der Waals surface area contributed by atoms with Crippen LogP contribution in [0.2, 0.25) is 0 Å². The second kappa shape index (κ2) is 3.91. The van der Waals surface area contributed by atoms with Crippen LogP contribution in [-0.4, -0.2) is 45.6 Å². The van der Waals surface area contributed by atoms with E-state index in [-0.39, 0.29) is 0 Å². The smallest absolute Gasteiger partial charge is 0.182 e. The van der Waals surface area contributed by atoms with Crippen LogP contribution in [0, 0.1) is 5.92 Å². The van der Waals surface area contributed by atoms with Crippen LogP contribution in [0.25, 0.3) is 11.2 Å². The summed E-state index contributed by atoms with van der Waals surface area (Å²) in [5, 5.41) is 3.61. The van der Waals surface area contributed by atoms with E-state index in [4.69, 9.17) is 0 Å². The summed E-state index contributed by atoms with van der Waals surface area (Å²) in [7, 11) is 0. The monoisotopic (exact) mass is 244 g/mol. The molecule has 2 aliphatic rings. The highest BCUT2D eigenvalue weighted by molar-refractivity contribution is 5.82. The van der Waals surface area contributed by atoms with Crippen molar-refractivity contribution in [2.45, 2.75) is 18.9 Å². The first-order valence-electron chi connectivity index (χ1n) is 6.54. The number of rotatable bonds is 1. The van der Waals surface area contributed by atoms with Crippen molar-refractivity contribution < 1.29 is 0 Å². The molecule has 0 aliphatic carbocycles. The second-order valence-electron chi connectivity index (χ2n) is 5.17. The number of nitrogens with zero attached hydrogens (tertiary/aromatic N) is 4. The second-order valence-corrected chi connectivity index (χ2v) is 5.17. The fraction of sp³-hybridized carbons (Fsp3) is 0.583. The van der Waals surface area contributed by atoms with Crippen LogP contribution < -0.4 is 10.2 Å². The van der Waals surface area contributed by atoms with Gasteiger partial charge in [0.1, 0.15) is 11.8 Å². The summed E-state index contributed by atoms with van der Waals surface area (Å²) in [6, 6.07) is 0.617. The molecule has 4 heterocycles. The largest absolute Gasteiger partial charge is 0.353 e. The maximum atomic E-state index is 4.43. The molecule has 2 N–H and O–H groups in total. The molecule has 94 valence electrons. The molecule has 0 amide bonds. The summed E-state index contributed by atoms with van der Waals surface area (Å²) in [4.78, 5) is 18.3. The number of imidazole rings is 1. The van der Waals surface area contributed by atoms with E-state index in [1.54, 1.807) is 12.7 Å². The lowest BCUT2D eigenvalue weighted by Gasteiger charge is -2.24. The van der Waals surface area contributed by atoms with Crippen molar-refractivity contribution in [1.82, 2.24) is 25.3 Å². The van der Waals surface area contributed by atoms with Gasteiger partial charge in [-0.2, -0.15) is 0 Å². The standard InChI is InChI=1S/C12H16N6/c1-2-8-4-18(5-9(8)13-3-1)12-10-11(15-6-14-10)16-7-17-12/h6-9,13H,1-5H2,(H,14,15,16,17). The highest BCUT2D eigenvalue weighted by Gasteiger charge is 2.35. The SMILES string of the molecule is c1nc(N2CC3CCCNC3C2)c2[nH]cnc2n1. The van der Waals surface area contributed by atoms with Gasteiger partial charge in [0.25, 0.3) is 0 Å². The molecule has 2 atom stereocenters. The fourth-order valence-corrected chi connectivity index (χ4v) is 3.21. The summed E-state index contributed by atoms with van der Waals surface area (Å²) in [5.74, 6) is 1.75. The molecule has 0 aromatic carbocycles. The fourth-order valence-electron chi connectivity index (χ4n) is 3.21. The first-order chi connectivity index (χ1) is 8.92. The maximum Gasteiger partial charge on any atom is 0.182 e. The number of aromatic amines is 1. The number of aromatic nitrogens is 4. The minimum Gasteiger partial charge on any atom is -0.353 e. The molecule has 0 bridgehead atoms. The molecule has 2 aliphatic heterocycles. The van der Waals surface area contributed by atoms with Crippen molar-refractivity contribution in [1.29, 1.82) is 0 Å². The molecule has 0 saturated carbocycles. The predicted octanol–water partition coefficient (Wildman–Crippen LogP) is 0.541. The Morgan fingerprint density at radius 2 is 2.22 bits per heavy atom. The molecular weight excluding hydrogens is 228 g/mol. The molecule has 4 rings (SSSR count). The van der Waals surface area contributed by atoms with Gasteiger partial charge in [-0.05, 0) is 25.3 Å². The average molecular weight is 244 g/mol. The number of anilines is 1. The quantitative estimate of drug-likeness (QED) is 0.766. The first-order valence-corrected chi connectivity index (χ1v) is 6.54. The van der Waals surface area contributed by atoms with Crippen molar-refractivity contribution in [3.05, 3.63) is 12.7 Å². The van der Waals surface area contributed by atoms with Crippen LogP contribution in [-0.2, 0) is 0 Å². The van der Waals surface area contributed by atoms with Crippen LogP contribution in [0.4, 0.5) is 5.82 Å². The molecular formula is C12H16N6. The zero-order valence-corrected chi connectivity index (χ0v) is 10.1. The van der Waals surface area contributed by atoms with E-state index in [0.29, 0.717) is 6.04 Å². The predicted molar refractivity (Wildman–Crippen MR) is 68.4 cm³/mol. The molecule has 0 radical (unpaired) electrons. The molecule has 2 fully saturated rings. The molecule has 0 spiro atoms. The average Bonchev–Trinajstić information content (AvgIpc) is 3.04. The van der Waals surface area contributed by atoms with Gasteiger partial charge in [0.15, 0.2) is 11.5 Å². The van der Waals surface area contributed by atoms with Crippen molar-refractivity contribution in [2.24, 2.45) is 5.92 Å². The number of piperidine rings is 1. The van der Waals surface area contributed by atoms with Gasteiger partial charge in [0.05, 0.1) is 6.33 Å². The Balaban J connectivity index is 1.69. The van der Waals surface area contributed by atoms with Crippen LogP contribution in [0.3, 0.4) is 0 Å². The number of hydrogen-bond acceptors (Lipinski definition) is 5. The van der Waals surface area contributed by atoms with Gasteiger partial charge < -0.3 is 15.2 Å². The third-order valence-electron chi connectivity index (χ3n) is 4.10. The molecule has 6 heteroatoms. The normalized spacial score (nSPS) is 27.7. The highest BCUT2D eigenvalue weighted by Crippen LogP contribution is 2.30. The van der Waals surface area contributed by atoms with Gasteiger partial charge in [0, 0.05) is 19.1 Å². The van der Waals surface area contributed by atoms with Crippen LogP contribution in [0.1, 0.15) is 12.8 Å². The molecule has 18 heavy (non-hydrogen) atoms. The van der Waals surface area contributed by atoms with E-state index in [1.807, 2.05) is 0 Å². The summed E-state index contributed by atoms with van der Waals surface area (Å²) in [6.45, 7) is 3.27. The van der Waals surface area contributed by atoms with E-state index in [9.17, 15) is 0 Å². The van der Waals surface area contributed by atoms with Gasteiger partial charge >= 0.3 is 0 Å². The minimum absolute atomic E-state index is 0.617. The molecule has 6 nitrogen and oxygen atoms in total. The lowest BCUT2D eigenvalue weighted by molar-refractivity contribution is 0.340. The van der Waals surface area contributed by atoms with E-state index >= 15 is 0 Å². The molecule has 2 aromatic rings. The van der Waals surface area contributed by atoms with Gasteiger partial charge in [-0.1, -0.05) is 0 Å². The van der Waals surface area contributed by atoms with Gasteiger partial charge in [-0.25, -0.2) is 15.0 Å². The van der Waals surface area contributed by atoms with Crippen molar-refractivity contribution >= 4 is 17.0 Å². The number of H-pyrrole nitrogens is 1. The van der Waals surface area contributed by atoms with Crippen LogP contribution in [0.5, 0.6) is 0 Å². The van der Waals surface area contributed by atoms with Crippen molar-refractivity contribution in [3.8, 4) is 0 Å². The van der Waals surface area contributed by atoms with E-state index in [0.717, 1.165) is 42.5 Å². The minimum atomic E-state index is 0.617. The first kappa shape index (κ1) is 10.3. The highest BCUT2D eigenvalue weighted by atomic mass is 15.3. The number of fused-ring (bicyclic) bond motifs is 2. The zero-order valence-electron chi connectivity index (χ0n) is 10.1. The summed E-state index contributed by atoms with van der Waals surface area (Å²) < 4.78 is 0. The number of nitrogens with one attached hydrogen (secondary N) is 2. The third-order valence-corrected chi connectivity index (χ3v) is 4.10. The summed E-state index contributed by atoms with van der Waals surface area (Å²) in [6.07, 6.45) is 5.90. The Hall–Kier alpha value is -1.69. The molecule has 2 unspecified atom stereocenters. The molecule has 2 aromatic heterocycles. The summed E-state index contributed by atoms with van der Waals surface area (Å²) >= 11 is 0. The Bertz CT molecular complexity index is 550. The Labute approximate surface area is 105 Å². The van der Waals surface area contributed by atoms with E-state index in [2.05, 4.69) is 30.2 Å². The van der Waals surface area contributed by atoms with E-state index < -0.39 is 0 Å².